The average Bonchev–Trinajstić information content (AvgIpc) is 1.67. The lowest BCUT2D eigenvalue weighted by atomic mass is 11.7. The summed E-state index contributed by atoms with van der Waals surface area (Å²) in [6, 6.07) is 0. The fourth-order valence-electron chi connectivity index (χ4n) is 0.141. The summed E-state index contributed by atoms with van der Waals surface area (Å²) < 4.78 is 24.8. The number of thiol groups is 1. The average molecular weight is 174 g/mol. The molecule has 0 bridgehead atoms. The summed E-state index contributed by atoms with van der Waals surface area (Å²) in [5, 5.41) is -0.262. The Labute approximate surface area is 56.5 Å². The minimum Gasteiger partial charge on any atom is -0.265 e. The van der Waals surface area contributed by atoms with Crippen LogP contribution in [0, 0.1) is 0 Å². The summed E-state index contributed by atoms with van der Waals surface area (Å²) in [6.07, 6.45) is 0.100. The molecule has 0 aromatic heterocycles. The SMILES string of the molecule is O=S(=O)(CS)OCP. The van der Waals surface area contributed by atoms with Gasteiger partial charge in [0.05, 0.1) is 6.35 Å². The predicted octanol–water partition coefficient (Wildman–Crippen LogP) is 0.0527. The molecular weight excluding hydrogens is 167 g/mol. The molecule has 0 spiro atoms. The Morgan fingerprint density at radius 1 is 1.62 bits per heavy atom. The van der Waals surface area contributed by atoms with Crippen LogP contribution in [0.1, 0.15) is 0 Å². The molecule has 0 heterocycles. The summed E-state index contributed by atoms with van der Waals surface area (Å²) in [4.78, 5) is 0. The van der Waals surface area contributed by atoms with Gasteiger partial charge in [0.15, 0.2) is 0 Å². The lowest BCUT2D eigenvalue weighted by molar-refractivity contribution is 0.385. The number of rotatable bonds is 3. The van der Waals surface area contributed by atoms with Crippen molar-refractivity contribution in [3.63, 3.8) is 0 Å². The monoisotopic (exact) mass is 174 g/mol. The summed E-state index contributed by atoms with van der Waals surface area (Å²) in [6.45, 7) is 0. The van der Waals surface area contributed by atoms with Crippen LogP contribution >= 0.6 is 21.9 Å². The standard InChI is InChI=1S/C2H7O3PS2/c3-8(4,2-7)5-1-6/h7H,1-2,6H2. The molecule has 50 valence electrons. The molecule has 3 nitrogen and oxygen atoms in total. The van der Waals surface area contributed by atoms with Gasteiger partial charge in [-0.1, -0.05) is 0 Å². The molecule has 0 aliphatic rings. The molecule has 0 radical (unpaired) electrons. The molecule has 0 aliphatic heterocycles. The smallest absolute Gasteiger partial charge is 0.265 e. The van der Waals surface area contributed by atoms with E-state index >= 15 is 0 Å². The highest BCUT2D eigenvalue weighted by atomic mass is 32.3. The topological polar surface area (TPSA) is 43.4 Å². The van der Waals surface area contributed by atoms with Crippen molar-refractivity contribution in [3.05, 3.63) is 0 Å². The second kappa shape index (κ2) is 3.67. The van der Waals surface area contributed by atoms with E-state index in [1.807, 2.05) is 0 Å². The van der Waals surface area contributed by atoms with E-state index in [2.05, 4.69) is 26.1 Å². The van der Waals surface area contributed by atoms with E-state index in [0.717, 1.165) is 0 Å². The van der Waals surface area contributed by atoms with Crippen LogP contribution < -0.4 is 0 Å². The van der Waals surface area contributed by atoms with Crippen LogP contribution in [0.2, 0.25) is 0 Å². The van der Waals surface area contributed by atoms with E-state index < -0.39 is 10.1 Å². The van der Waals surface area contributed by atoms with Crippen molar-refractivity contribution >= 4 is 32.0 Å². The maximum absolute atomic E-state index is 10.3. The Bertz CT molecular complexity index is 139. The van der Waals surface area contributed by atoms with Crippen LogP contribution in [0.3, 0.4) is 0 Å². The van der Waals surface area contributed by atoms with Crippen molar-refractivity contribution in [2.75, 3.05) is 11.4 Å². The maximum atomic E-state index is 10.3. The van der Waals surface area contributed by atoms with E-state index in [-0.39, 0.29) is 11.4 Å². The van der Waals surface area contributed by atoms with Gasteiger partial charge in [0.1, 0.15) is 5.08 Å². The number of hydrogen-bond donors (Lipinski definition) is 1. The molecule has 1 atom stereocenters. The molecule has 0 aliphatic carbocycles. The van der Waals surface area contributed by atoms with Crippen LogP contribution in [-0.2, 0) is 14.3 Å². The first-order chi connectivity index (χ1) is 3.62. The largest absolute Gasteiger partial charge is 0.276 e. The highest BCUT2D eigenvalue weighted by molar-refractivity contribution is 8.01. The lowest BCUT2D eigenvalue weighted by Crippen LogP contribution is -2.04. The quantitative estimate of drug-likeness (QED) is 0.373. The van der Waals surface area contributed by atoms with E-state index in [1.54, 1.807) is 0 Å². The van der Waals surface area contributed by atoms with Gasteiger partial charge in [-0.05, 0) is 0 Å². The molecule has 1 unspecified atom stereocenters. The zero-order valence-electron chi connectivity index (χ0n) is 4.07. The summed E-state index contributed by atoms with van der Waals surface area (Å²) in [7, 11) is -1.19. The third-order valence-corrected chi connectivity index (χ3v) is 2.57. The van der Waals surface area contributed by atoms with E-state index in [4.69, 9.17) is 0 Å². The molecule has 0 saturated carbocycles. The molecule has 0 amide bonds. The van der Waals surface area contributed by atoms with Crippen LogP contribution in [0.4, 0.5) is 0 Å². The van der Waals surface area contributed by atoms with Gasteiger partial charge in [0, 0.05) is 0 Å². The van der Waals surface area contributed by atoms with E-state index in [1.165, 1.54) is 0 Å². The van der Waals surface area contributed by atoms with E-state index in [0.29, 0.717) is 0 Å². The van der Waals surface area contributed by atoms with Crippen LogP contribution in [0.25, 0.3) is 0 Å². The third kappa shape index (κ3) is 3.66. The zero-order chi connectivity index (χ0) is 6.62. The van der Waals surface area contributed by atoms with Gasteiger partial charge in [-0.2, -0.15) is 21.0 Å². The van der Waals surface area contributed by atoms with Gasteiger partial charge in [-0.15, -0.1) is 9.24 Å². The fraction of sp³-hybridized carbons (Fsp3) is 1.00. The van der Waals surface area contributed by atoms with Crippen molar-refractivity contribution in [2.45, 2.75) is 0 Å². The lowest BCUT2D eigenvalue weighted by Gasteiger charge is -1.95. The molecule has 0 rings (SSSR count). The van der Waals surface area contributed by atoms with Crippen molar-refractivity contribution in [1.82, 2.24) is 0 Å². The molecule has 8 heavy (non-hydrogen) atoms. The maximum Gasteiger partial charge on any atom is 0.276 e. The van der Waals surface area contributed by atoms with Gasteiger partial charge >= 0.3 is 0 Å². The first kappa shape index (κ1) is 8.69. The highest BCUT2D eigenvalue weighted by Gasteiger charge is 2.03. The summed E-state index contributed by atoms with van der Waals surface area (Å²) in [5.74, 6) is 0. The minimum absolute atomic E-state index is 0.100. The predicted molar refractivity (Wildman–Crippen MR) is 38.4 cm³/mol. The molecule has 0 aromatic carbocycles. The summed E-state index contributed by atoms with van der Waals surface area (Å²) in [5.41, 5.74) is 0. The number of hydrogen-bond acceptors (Lipinski definition) is 4. The van der Waals surface area contributed by atoms with Crippen LogP contribution in [0.15, 0.2) is 0 Å². The Balaban J connectivity index is 3.76. The Kier molecular flexibility index (Phi) is 3.98. The van der Waals surface area contributed by atoms with Crippen molar-refractivity contribution in [3.8, 4) is 0 Å². The van der Waals surface area contributed by atoms with Gasteiger partial charge in [-0.3, -0.25) is 4.18 Å². The van der Waals surface area contributed by atoms with Crippen molar-refractivity contribution in [1.29, 1.82) is 0 Å². The first-order valence-electron chi connectivity index (χ1n) is 1.80. The molecular formula is C2H7O3PS2. The second-order valence-corrected chi connectivity index (χ2v) is 3.69. The van der Waals surface area contributed by atoms with Gasteiger partial charge in [0.2, 0.25) is 0 Å². The molecule has 0 fully saturated rings. The summed E-state index contributed by atoms with van der Waals surface area (Å²) >= 11 is 3.51. The molecule has 6 heteroatoms. The fourth-order valence-corrected chi connectivity index (χ4v) is 1.27. The minimum atomic E-state index is -3.33. The third-order valence-electron chi connectivity index (χ3n) is 0.406. The molecule has 0 N–H and O–H groups in total. The zero-order valence-corrected chi connectivity index (χ0v) is 6.94. The van der Waals surface area contributed by atoms with E-state index in [9.17, 15) is 8.42 Å². The highest BCUT2D eigenvalue weighted by Crippen LogP contribution is 1.96. The Morgan fingerprint density at radius 3 is 2.25 bits per heavy atom. The van der Waals surface area contributed by atoms with Crippen LogP contribution in [-0.4, -0.2) is 19.9 Å². The van der Waals surface area contributed by atoms with Gasteiger partial charge in [-0.25, -0.2) is 0 Å². The van der Waals surface area contributed by atoms with Crippen LogP contribution in [0.5, 0.6) is 0 Å². The van der Waals surface area contributed by atoms with Crippen molar-refractivity contribution in [2.24, 2.45) is 0 Å². The molecule has 0 saturated heterocycles. The first-order valence-corrected chi connectivity index (χ1v) is 4.83. The Morgan fingerprint density at radius 2 is 2.12 bits per heavy atom. The molecule has 0 aromatic rings. The second-order valence-electron chi connectivity index (χ2n) is 0.971. The Hall–Kier alpha value is 0.690. The van der Waals surface area contributed by atoms with Gasteiger partial charge in [0.25, 0.3) is 10.1 Å². The van der Waals surface area contributed by atoms with Gasteiger partial charge < -0.3 is 0 Å². The normalized spacial score (nSPS) is 11.8. The van der Waals surface area contributed by atoms with Crippen molar-refractivity contribution < 1.29 is 12.6 Å².